The van der Waals surface area contributed by atoms with Crippen LogP contribution in [0.4, 0.5) is 13.2 Å². The molecule has 6 heteroatoms. The van der Waals surface area contributed by atoms with Crippen LogP contribution < -0.4 is 0 Å². The molecule has 0 unspecified atom stereocenters. The van der Waals surface area contributed by atoms with E-state index in [2.05, 4.69) is 4.74 Å². The van der Waals surface area contributed by atoms with Crippen LogP contribution in [0.15, 0.2) is 35.3 Å². The van der Waals surface area contributed by atoms with Gasteiger partial charge in [0.05, 0.1) is 0 Å². The van der Waals surface area contributed by atoms with Crippen LogP contribution in [0.2, 0.25) is 0 Å². The minimum Gasteiger partial charge on any atom is -0.410 e. The molecule has 106 valence electrons. The van der Waals surface area contributed by atoms with Gasteiger partial charge in [0.2, 0.25) is 5.91 Å². The molecule has 0 aromatic heterocycles. The van der Waals surface area contributed by atoms with Crippen LogP contribution >= 0.6 is 0 Å². The molecule has 0 saturated carbocycles. The van der Waals surface area contributed by atoms with Gasteiger partial charge >= 0.3 is 6.36 Å². The van der Waals surface area contributed by atoms with E-state index in [9.17, 15) is 18.0 Å². The molecular formula is C13H16F3NO2. The lowest BCUT2D eigenvalue weighted by Crippen LogP contribution is -2.25. The number of rotatable bonds is 3. The first-order valence-corrected chi connectivity index (χ1v) is 5.77. The van der Waals surface area contributed by atoms with Gasteiger partial charge in [-0.25, -0.2) is 0 Å². The molecule has 19 heavy (non-hydrogen) atoms. The molecule has 1 rings (SSSR count). The fourth-order valence-corrected chi connectivity index (χ4v) is 1.61. The molecule has 0 N–H and O–H groups in total. The monoisotopic (exact) mass is 275 g/mol. The van der Waals surface area contributed by atoms with Crippen molar-refractivity contribution in [3.63, 3.8) is 0 Å². The predicted molar refractivity (Wildman–Crippen MR) is 64.7 cm³/mol. The summed E-state index contributed by atoms with van der Waals surface area (Å²) in [6.07, 6.45) is -0.00822. The van der Waals surface area contributed by atoms with Gasteiger partial charge in [-0.2, -0.15) is 0 Å². The van der Waals surface area contributed by atoms with Crippen molar-refractivity contribution in [2.75, 3.05) is 7.05 Å². The van der Waals surface area contributed by atoms with Crippen molar-refractivity contribution in [1.82, 2.24) is 4.90 Å². The topological polar surface area (TPSA) is 29.5 Å². The summed E-state index contributed by atoms with van der Waals surface area (Å²) in [4.78, 5) is 13.2. The van der Waals surface area contributed by atoms with E-state index in [1.807, 2.05) is 0 Å². The third kappa shape index (κ3) is 5.19. The van der Waals surface area contributed by atoms with Crippen LogP contribution in [0.25, 0.3) is 0 Å². The molecule has 0 aromatic rings. The zero-order chi connectivity index (χ0) is 14.6. The van der Waals surface area contributed by atoms with Crippen molar-refractivity contribution < 1.29 is 22.7 Å². The number of ether oxygens (including phenoxy) is 1. The highest BCUT2D eigenvalue weighted by Crippen LogP contribution is 2.27. The van der Waals surface area contributed by atoms with Gasteiger partial charge in [-0.3, -0.25) is 4.79 Å². The molecule has 0 atom stereocenters. The lowest BCUT2D eigenvalue weighted by molar-refractivity contribution is -0.306. The molecule has 0 bridgehead atoms. The van der Waals surface area contributed by atoms with E-state index < -0.39 is 6.36 Å². The van der Waals surface area contributed by atoms with Crippen LogP contribution in [0.3, 0.4) is 0 Å². The number of carbonyl (C=O) groups excluding carboxylic acids is 1. The van der Waals surface area contributed by atoms with Crippen LogP contribution in [0.1, 0.15) is 26.7 Å². The first-order valence-electron chi connectivity index (χ1n) is 5.77. The summed E-state index contributed by atoms with van der Waals surface area (Å²) in [7, 11) is 1.59. The average Bonchev–Trinajstić information content (AvgIpc) is 2.26. The number of carbonyl (C=O) groups is 1. The lowest BCUT2D eigenvalue weighted by atomic mass is 10.1. The molecule has 3 nitrogen and oxygen atoms in total. The molecule has 0 heterocycles. The third-order valence-corrected chi connectivity index (χ3v) is 2.51. The first-order chi connectivity index (χ1) is 8.69. The van der Waals surface area contributed by atoms with E-state index in [-0.39, 0.29) is 18.1 Å². The summed E-state index contributed by atoms with van der Waals surface area (Å²) in [5.74, 6) is -0.334. The molecule has 1 amide bonds. The molecule has 0 aromatic carbocycles. The number of allylic oxidation sites excluding steroid dienone is 5. The number of likely N-dealkylation sites (N-methyl/N-ethyl adjacent to an activating group) is 1. The number of halogens is 3. The van der Waals surface area contributed by atoms with Crippen LogP contribution in [0.5, 0.6) is 0 Å². The van der Waals surface area contributed by atoms with Crippen molar-refractivity contribution in [2.24, 2.45) is 0 Å². The van der Waals surface area contributed by atoms with E-state index in [0.717, 1.165) is 5.57 Å². The average molecular weight is 275 g/mol. The molecule has 0 radical (unpaired) electrons. The van der Waals surface area contributed by atoms with Gasteiger partial charge < -0.3 is 9.64 Å². The van der Waals surface area contributed by atoms with E-state index in [4.69, 9.17) is 0 Å². The van der Waals surface area contributed by atoms with Gasteiger partial charge in [0.1, 0.15) is 5.76 Å². The summed E-state index contributed by atoms with van der Waals surface area (Å²) >= 11 is 0. The Bertz CT molecular complexity index is 443. The standard InChI is InChI=1S/C13H16F3NO2/c1-9(2)8-12(18)17(3)10-4-6-11(7-5-10)19-13(14,15)16/h4,6,8H,5,7H2,1-3H3. The summed E-state index contributed by atoms with van der Waals surface area (Å²) in [6, 6.07) is 0. The summed E-state index contributed by atoms with van der Waals surface area (Å²) in [6.45, 7) is 3.60. The van der Waals surface area contributed by atoms with E-state index in [1.54, 1.807) is 20.9 Å². The van der Waals surface area contributed by atoms with E-state index >= 15 is 0 Å². The Labute approximate surface area is 110 Å². The van der Waals surface area contributed by atoms with Gasteiger partial charge in [0.25, 0.3) is 0 Å². The second kappa shape index (κ2) is 5.95. The molecule has 1 aliphatic carbocycles. The van der Waals surface area contributed by atoms with E-state index in [0.29, 0.717) is 12.1 Å². The fourth-order valence-electron chi connectivity index (χ4n) is 1.61. The number of nitrogens with zero attached hydrogens (tertiary/aromatic N) is 1. The summed E-state index contributed by atoms with van der Waals surface area (Å²) in [5, 5.41) is 0. The Hall–Kier alpha value is -1.72. The number of alkyl halides is 3. The van der Waals surface area contributed by atoms with Crippen molar-refractivity contribution in [3.05, 3.63) is 35.3 Å². The number of hydrogen-bond donors (Lipinski definition) is 0. The molecule has 0 saturated heterocycles. The Kier molecular flexibility index (Phi) is 4.80. The van der Waals surface area contributed by atoms with Crippen molar-refractivity contribution in [3.8, 4) is 0 Å². The maximum absolute atomic E-state index is 12.0. The normalized spacial score (nSPS) is 15.3. The van der Waals surface area contributed by atoms with Crippen molar-refractivity contribution in [1.29, 1.82) is 0 Å². The quantitative estimate of drug-likeness (QED) is 0.738. The number of hydrogen-bond acceptors (Lipinski definition) is 2. The Morgan fingerprint density at radius 3 is 2.37 bits per heavy atom. The first kappa shape index (κ1) is 15.3. The fraction of sp³-hybridized carbons (Fsp3) is 0.462. The molecular weight excluding hydrogens is 259 g/mol. The summed E-state index contributed by atoms with van der Waals surface area (Å²) in [5.41, 5.74) is 1.53. The maximum atomic E-state index is 12.0. The minimum absolute atomic E-state index is 0.123. The second-order valence-electron chi connectivity index (χ2n) is 4.46. The van der Waals surface area contributed by atoms with Gasteiger partial charge in [0.15, 0.2) is 0 Å². The molecule has 1 aliphatic rings. The van der Waals surface area contributed by atoms with Crippen LogP contribution in [-0.4, -0.2) is 24.2 Å². The third-order valence-electron chi connectivity index (χ3n) is 2.51. The zero-order valence-electron chi connectivity index (χ0n) is 11.0. The van der Waals surface area contributed by atoms with Crippen LogP contribution in [-0.2, 0) is 9.53 Å². The van der Waals surface area contributed by atoms with Crippen LogP contribution in [0, 0.1) is 0 Å². The summed E-state index contributed by atoms with van der Waals surface area (Å²) < 4.78 is 39.9. The van der Waals surface area contributed by atoms with Gasteiger partial charge in [-0.05, 0) is 32.4 Å². The Morgan fingerprint density at radius 1 is 1.32 bits per heavy atom. The smallest absolute Gasteiger partial charge is 0.410 e. The van der Waals surface area contributed by atoms with E-state index in [1.165, 1.54) is 23.1 Å². The largest absolute Gasteiger partial charge is 0.572 e. The Morgan fingerprint density at radius 2 is 1.95 bits per heavy atom. The second-order valence-corrected chi connectivity index (χ2v) is 4.46. The minimum atomic E-state index is -4.67. The highest BCUT2D eigenvalue weighted by Gasteiger charge is 2.32. The van der Waals surface area contributed by atoms with Gasteiger partial charge in [-0.1, -0.05) is 5.57 Å². The Balaban J connectivity index is 2.73. The van der Waals surface area contributed by atoms with Crippen molar-refractivity contribution in [2.45, 2.75) is 33.1 Å². The number of amides is 1. The molecule has 0 aliphatic heterocycles. The lowest BCUT2D eigenvalue weighted by Gasteiger charge is -2.23. The molecule has 0 spiro atoms. The SMILES string of the molecule is CC(C)=CC(=O)N(C)C1=CC=C(OC(F)(F)F)CC1. The molecule has 0 fully saturated rings. The predicted octanol–water partition coefficient (Wildman–Crippen LogP) is 3.51. The highest BCUT2D eigenvalue weighted by atomic mass is 19.4. The highest BCUT2D eigenvalue weighted by molar-refractivity contribution is 5.89. The van der Waals surface area contributed by atoms with Gasteiger partial charge in [0, 0.05) is 25.2 Å². The van der Waals surface area contributed by atoms with Crippen molar-refractivity contribution >= 4 is 5.91 Å². The maximum Gasteiger partial charge on any atom is 0.572 e. The van der Waals surface area contributed by atoms with Gasteiger partial charge in [-0.15, -0.1) is 13.2 Å². The zero-order valence-corrected chi connectivity index (χ0v) is 11.0.